The van der Waals surface area contributed by atoms with Gasteiger partial charge in [-0.05, 0) is 48.9 Å². The summed E-state index contributed by atoms with van der Waals surface area (Å²) in [5.74, 6) is 1.06. The second kappa shape index (κ2) is 8.12. The van der Waals surface area contributed by atoms with Crippen molar-refractivity contribution in [3.05, 3.63) is 77.1 Å². The molecule has 0 aliphatic heterocycles. The smallest absolute Gasteiger partial charge is 0.229 e. The van der Waals surface area contributed by atoms with E-state index in [1.165, 1.54) is 24.6 Å². The molecule has 0 radical (unpaired) electrons. The molecule has 2 saturated carbocycles. The first-order chi connectivity index (χ1) is 16.1. The molecular formula is C24H22ClN7O. The largest absolute Gasteiger partial charge is 0.379 e. The van der Waals surface area contributed by atoms with Gasteiger partial charge in [-0.3, -0.25) is 4.79 Å². The number of hydrogen-bond donors (Lipinski definition) is 2. The number of anilines is 2. The van der Waals surface area contributed by atoms with Crippen molar-refractivity contribution in [3.8, 4) is 0 Å². The Labute approximate surface area is 195 Å². The highest BCUT2D eigenvalue weighted by atomic mass is 35.5. The van der Waals surface area contributed by atoms with E-state index in [1.807, 2.05) is 12.1 Å². The Hall–Kier alpha value is -3.52. The molecular weight excluding hydrogens is 438 g/mol. The number of amides is 1. The van der Waals surface area contributed by atoms with Gasteiger partial charge in [-0.15, -0.1) is 0 Å². The molecule has 2 aliphatic carbocycles. The predicted molar refractivity (Wildman–Crippen MR) is 125 cm³/mol. The summed E-state index contributed by atoms with van der Waals surface area (Å²) in [6.07, 6.45) is 10.7. The molecule has 0 spiro atoms. The van der Waals surface area contributed by atoms with Gasteiger partial charge >= 0.3 is 0 Å². The number of rotatable bonds is 7. The number of nitrogens with one attached hydrogen (secondary N) is 2. The van der Waals surface area contributed by atoms with Crippen molar-refractivity contribution < 1.29 is 4.79 Å². The van der Waals surface area contributed by atoms with Crippen LogP contribution in [0.4, 0.5) is 11.5 Å². The maximum Gasteiger partial charge on any atom is 0.229 e. The maximum absolute atomic E-state index is 12.6. The fourth-order valence-corrected chi connectivity index (χ4v) is 4.33. The van der Waals surface area contributed by atoms with E-state index in [0.29, 0.717) is 23.3 Å². The Morgan fingerprint density at radius 1 is 1.18 bits per heavy atom. The van der Waals surface area contributed by atoms with Gasteiger partial charge < -0.3 is 15.0 Å². The van der Waals surface area contributed by atoms with Gasteiger partial charge in [0.1, 0.15) is 11.5 Å². The molecule has 0 bridgehead atoms. The minimum atomic E-state index is -0.144. The highest BCUT2D eigenvalue weighted by Crippen LogP contribution is 2.47. The zero-order valence-corrected chi connectivity index (χ0v) is 18.5. The van der Waals surface area contributed by atoms with Crippen molar-refractivity contribution in [2.24, 2.45) is 5.92 Å². The lowest BCUT2D eigenvalue weighted by Crippen LogP contribution is -2.16. The zero-order chi connectivity index (χ0) is 22.4. The average molecular weight is 460 g/mol. The third kappa shape index (κ3) is 4.39. The zero-order valence-electron chi connectivity index (χ0n) is 17.8. The molecule has 6 rings (SSSR count). The Balaban J connectivity index is 1.08. The fourth-order valence-electron chi connectivity index (χ4n) is 4.18. The lowest BCUT2D eigenvalue weighted by Gasteiger charge is -2.08. The summed E-state index contributed by atoms with van der Waals surface area (Å²) in [7, 11) is 0. The van der Waals surface area contributed by atoms with Crippen LogP contribution in [0.2, 0.25) is 5.02 Å². The summed E-state index contributed by atoms with van der Waals surface area (Å²) in [6, 6.07) is 9.73. The lowest BCUT2D eigenvalue weighted by atomic mass is 10.2. The second-order valence-corrected chi connectivity index (χ2v) is 9.19. The van der Waals surface area contributed by atoms with Gasteiger partial charge in [-0.2, -0.15) is 10.2 Å². The molecule has 1 amide bonds. The highest BCUT2D eigenvalue weighted by Gasteiger charge is 2.45. The van der Waals surface area contributed by atoms with Crippen LogP contribution in [-0.4, -0.2) is 30.5 Å². The van der Waals surface area contributed by atoms with Crippen LogP contribution in [0.5, 0.6) is 0 Å². The number of imidazole rings is 1. The van der Waals surface area contributed by atoms with Crippen molar-refractivity contribution >= 4 is 34.7 Å². The maximum atomic E-state index is 12.6. The monoisotopic (exact) mass is 459 g/mol. The average Bonchev–Trinajstić information content (AvgIpc) is 3.74. The van der Waals surface area contributed by atoms with Crippen LogP contribution in [0.25, 0.3) is 5.65 Å². The molecule has 4 aromatic heterocycles. The molecule has 2 N–H and O–H groups in total. The summed E-state index contributed by atoms with van der Waals surface area (Å²) in [5, 5.41) is 14.8. The third-order valence-electron chi connectivity index (χ3n) is 6.20. The number of aromatic nitrogens is 5. The topological polar surface area (TPSA) is 97.1 Å². The number of carbonyl (C=O) groups is 1. The first-order valence-corrected chi connectivity index (χ1v) is 11.5. The van der Waals surface area contributed by atoms with Gasteiger partial charge in [0.2, 0.25) is 5.91 Å². The SMILES string of the molecule is O=C(Nc1cc(NCc2cn3cc(C4CC4)ccc3n2)ccn1)[C@H]1C[C@@H]1c1cc(Cl)cnn1. The predicted octanol–water partition coefficient (Wildman–Crippen LogP) is 4.40. The van der Waals surface area contributed by atoms with E-state index in [9.17, 15) is 4.79 Å². The summed E-state index contributed by atoms with van der Waals surface area (Å²) in [4.78, 5) is 21.6. The summed E-state index contributed by atoms with van der Waals surface area (Å²) >= 11 is 5.98. The molecule has 2 fully saturated rings. The number of pyridine rings is 2. The highest BCUT2D eigenvalue weighted by molar-refractivity contribution is 6.30. The van der Waals surface area contributed by atoms with Crippen molar-refractivity contribution in [3.63, 3.8) is 0 Å². The van der Waals surface area contributed by atoms with Crippen molar-refractivity contribution in [2.45, 2.75) is 37.6 Å². The first-order valence-electron chi connectivity index (χ1n) is 11.1. The third-order valence-corrected chi connectivity index (χ3v) is 6.41. The Morgan fingerprint density at radius 3 is 2.94 bits per heavy atom. The van der Waals surface area contributed by atoms with Crippen LogP contribution >= 0.6 is 11.6 Å². The molecule has 8 nitrogen and oxygen atoms in total. The molecule has 4 aromatic rings. The number of halogens is 1. The van der Waals surface area contributed by atoms with Crippen molar-refractivity contribution in [2.75, 3.05) is 10.6 Å². The summed E-state index contributed by atoms with van der Waals surface area (Å²) < 4.78 is 2.10. The fraction of sp³-hybridized carbons (Fsp3) is 0.292. The Bertz CT molecular complexity index is 1350. The van der Waals surface area contributed by atoms with Gasteiger partial charge in [-0.25, -0.2) is 9.97 Å². The van der Waals surface area contributed by atoms with Crippen LogP contribution in [0.1, 0.15) is 48.0 Å². The van der Waals surface area contributed by atoms with Crippen LogP contribution in [0.15, 0.2) is 55.1 Å². The van der Waals surface area contributed by atoms with E-state index >= 15 is 0 Å². The van der Waals surface area contributed by atoms with Crippen LogP contribution in [-0.2, 0) is 11.3 Å². The molecule has 166 valence electrons. The minimum absolute atomic E-state index is 0.0491. The molecule has 4 heterocycles. The summed E-state index contributed by atoms with van der Waals surface area (Å²) in [5.41, 5.74) is 4.90. The lowest BCUT2D eigenvalue weighted by molar-refractivity contribution is -0.117. The van der Waals surface area contributed by atoms with Crippen LogP contribution < -0.4 is 10.6 Å². The van der Waals surface area contributed by atoms with E-state index in [-0.39, 0.29) is 17.7 Å². The molecule has 2 atom stereocenters. The van der Waals surface area contributed by atoms with Crippen molar-refractivity contribution in [1.29, 1.82) is 0 Å². The molecule has 0 saturated heterocycles. The minimum Gasteiger partial charge on any atom is -0.379 e. The van der Waals surface area contributed by atoms with E-state index in [2.05, 4.69) is 59.7 Å². The van der Waals surface area contributed by atoms with E-state index < -0.39 is 0 Å². The van der Waals surface area contributed by atoms with Gasteiger partial charge in [0.25, 0.3) is 0 Å². The van der Waals surface area contributed by atoms with Gasteiger partial charge in [0.05, 0.1) is 29.2 Å². The van der Waals surface area contributed by atoms with Crippen LogP contribution in [0.3, 0.4) is 0 Å². The molecule has 33 heavy (non-hydrogen) atoms. The number of fused-ring (bicyclic) bond motifs is 1. The number of carbonyl (C=O) groups excluding carboxylic acids is 1. The molecule has 9 heteroatoms. The van der Waals surface area contributed by atoms with Gasteiger partial charge in [-0.1, -0.05) is 17.7 Å². The molecule has 0 unspecified atom stereocenters. The molecule has 2 aliphatic rings. The normalized spacial score (nSPS) is 19.4. The van der Waals surface area contributed by atoms with Gasteiger partial charge in [0.15, 0.2) is 0 Å². The number of hydrogen-bond acceptors (Lipinski definition) is 6. The van der Waals surface area contributed by atoms with E-state index in [1.54, 1.807) is 12.3 Å². The van der Waals surface area contributed by atoms with Crippen molar-refractivity contribution in [1.82, 2.24) is 24.6 Å². The Morgan fingerprint density at radius 2 is 2.09 bits per heavy atom. The number of nitrogens with zero attached hydrogens (tertiary/aromatic N) is 5. The summed E-state index contributed by atoms with van der Waals surface area (Å²) in [6.45, 7) is 0.579. The second-order valence-electron chi connectivity index (χ2n) is 8.75. The van der Waals surface area contributed by atoms with Gasteiger partial charge in [0, 0.05) is 42.2 Å². The molecule has 0 aromatic carbocycles. The standard InChI is InChI=1S/C24H22ClN7O/c25-16-7-21(31-28-10-16)19-9-20(19)24(33)30-22-8-17(5-6-26-22)27-11-18-13-32-12-15(14-1-2-14)3-4-23(32)29-18/h3-8,10,12-14,19-20H,1-2,9,11H2,(H2,26,27,30,33)/t19-,20-/m0/s1. The quantitative estimate of drug-likeness (QED) is 0.425. The van der Waals surface area contributed by atoms with E-state index in [4.69, 9.17) is 11.6 Å². The Kier molecular flexibility index (Phi) is 4.95. The van der Waals surface area contributed by atoms with Crippen LogP contribution in [0, 0.1) is 5.92 Å². The first kappa shape index (κ1) is 20.1. The van der Waals surface area contributed by atoms with E-state index in [0.717, 1.165) is 29.1 Å².